The minimum absolute atomic E-state index is 0.280. The molecule has 124 valence electrons. The third-order valence-corrected chi connectivity index (χ3v) is 4.49. The Morgan fingerprint density at radius 3 is 2.41 bits per heavy atom. The molecule has 2 fully saturated rings. The second kappa shape index (κ2) is 5.89. The number of amides is 3. The van der Waals surface area contributed by atoms with Crippen molar-refractivity contribution in [3.8, 4) is 0 Å². The predicted octanol–water partition coefficient (Wildman–Crippen LogP) is 2.22. The Balaban J connectivity index is 2.02. The maximum Gasteiger partial charge on any atom is 0.326 e. The first kappa shape index (κ1) is 16.8. The lowest BCUT2D eigenvalue weighted by Gasteiger charge is -2.34. The van der Waals surface area contributed by atoms with Gasteiger partial charge in [0.15, 0.2) is 0 Å². The van der Waals surface area contributed by atoms with Crippen LogP contribution in [0.25, 0.3) is 0 Å². The molecule has 1 N–H and O–H groups in total. The highest BCUT2D eigenvalue weighted by Crippen LogP contribution is 2.37. The first-order valence-electron chi connectivity index (χ1n) is 8.03. The molecule has 6 heteroatoms. The quantitative estimate of drug-likeness (QED) is 0.640. The third kappa shape index (κ3) is 3.42. The molecule has 0 aromatic rings. The summed E-state index contributed by atoms with van der Waals surface area (Å²) in [5, 5.41) is 2.81. The molecule has 1 spiro atoms. The minimum atomic E-state index is -0.801. The molecule has 0 bridgehead atoms. The summed E-state index contributed by atoms with van der Waals surface area (Å²) in [7, 11) is 0. The lowest BCUT2D eigenvalue weighted by Crippen LogP contribution is -2.49. The van der Waals surface area contributed by atoms with Gasteiger partial charge in [-0.15, -0.1) is 0 Å². The van der Waals surface area contributed by atoms with Gasteiger partial charge in [0.1, 0.15) is 17.7 Å². The van der Waals surface area contributed by atoms with Crippen LogP contribution in [0.5, 0.6) is 0 Å². The molecular weight excluding hydrogens is 284 g/mol. The number of imide groups is 1. The van der Waals surface area contributed by atoms with Crippen molar-refractivity contribution in [2.75, 3.05) is 6.54 Å². The molecule has 1 saturated heterocycles. The van der Waals surface area contributed by atoms with E-state index in [-0.39, 0.29) is 12.5 Å². The van der Waals surface area contributed by atoms with Gasteiger partial charge in [0, 0.05) is 0 Å². The van der Waals surface area contributed by atoms with E-state index in [9.17, 15) is 14.4 Å². The van der Waals surface area contributed by atoms with Crippen molar-refractivity contribution in [2.45, 2.75) is 70.9 Å². The third-order valence-electron chi connectivity index (χ3n) is 4.49. The highest BCUT2D eigenvalue weighted by Gasteiger charge is 2.52. The van der Waals surface area contributed by atoms with Crippen LogP contribution in [0.2, 0.25) is 0 Å². The summed E-state index contributed by atoms with van der Waals surface area (Å²) in [5.74, 6) is -0.219. The maximum atomic E-state index is 12.6. The van der Waals surface area contributed by atoms with E-state index in [1.807, 2.05) is 0 Å². The fraction of sp³-hybridized carbons (Fsp3) is 0.812. The zero-order valence-electron chi connectivity index (χ0n) is 13.9. The van der Waals surface area contributed by atoms with Crippen LogP contribution in [0.3, 0.4) is 0 Å². The Morgan fingerprint density at radius 2 is 1.91 bits per heavy atom. The summed E-state index contributed by atoms with van der Waals surface area (Å²) >= 11 is 0. The van der Waals surface area contributed by atoms with Gasteiger partial charge < -0.3 is 10.1 Å². The number of carbonyl (C=O) groups excluding carboxylic acids is 3. The van der Waals surface area contributed by atoms with Crippen LogP contribution in [0, 0.1) is 5.92 Å². The van der Waals surface area contributed by atoms with Crippen molar-refractivity contribution < 1.29 is 19.1 Å². The lowest BCUT2D eigenvalue weighted by atomic mass is 9.75. The first-order valence-corrected chi connectivity index (χ1v) is 8.03. The van der Waals surface area contributed by atoms with Crippen LogP contribution in [0.4, 0.5) is 4.79 Å². The fourth-order valence-electron chi connectivity index (χ4n) is 3.24. The van der Waals surface area contributed by atoms with Gasteiger partial charge in [0.25, 0.3) is 5.91 Å². The van der Waals surface area contributed by atoms with Gasteiger partial charge >= 0.3 is 12.0 Å². The van der Waals surface area contributed by atoms with E-state index in [1.54, 1.807) is 20.8 Å². The predicted molar refractivity (Wildman–Crippen MR) is 81.1 cm³/mol. The molecule has 1 aliphatic carbocycles. The van der Waals surface area contributed by atoms with E-state index in [2.05, 4.69) is 12.2 Å². The first-order chi connectivity index (χ1) is 10.2. The standard InChI is InChI=1S/C16H26N2O4/c1-5-11-6-8-16(9-7-11)13(20)18(14(21)17-16)10-12(19)22-15(2,3)4/h11H,5-10H2,1-4H3,(H,17,21). The van der Waals surface area contributed by atoms with Crippen LogP contribution >= 0.6 is 0 Å². The molecule has 6 nitrogen and oxygen atoms in total. The minimum Gasteiger partial charge on any atom is -0.459 e. The molecule has 1 aliphatic heterocycles. The Labute approximate surface area is 131 Å². The Kier molecular flexibility index (Phi) is 4.49. The second-order valence-corrected chi connectivity index (χ2v) is 7.34. The number of esters is 1. The van der Waals surface area contributed by atoms with Gasteiger partial charge in [0.2, 0.25) is 0 Å². The summed E-state index contributed by atoms with van der Waals surface area (Å²) in [5.41, 5.74) is -1.43. The Hall–Kier alpha value is -1.59. The largest absolute Gasteiger partial charge is 0.459 e. The number of hydrogen-bond acceptors (Lipinski definition) is 4. The van der Waals surface area contributed by atoms with E-state index in [4.69, 9.17) is 4.74 Å². The Bertz CT molecular complexity index is 473. The summed E-state index contributed by atoms with van der Waals surface area (Å²) < 4.78 is 5.19. The van der Waals surface area contributed by atoms with Crippen molar-refractivity contribution in [3.05, 3.63) is 0 Å². The number of carbonyl (C=O) groups is 3. The molecule has 3 amide bonds. The van der Waals surface area contributed by atoms with Crippen LogP contribution in [-0.4, -0.2) is 40.5 Å². The number of ether oxygens (including phenoxy) is 1. The highest BCUT2D eigenvalue weighted by atomic mass is 16.6. The molecule has 2 aliphatic rings. The topological polar surface area (TPSA) is 75.7 Å². The summed E-state index contributed by atoms with van der Waals surface area (Å²) in [4.78, 5) is 37.6. The van der Waals surface area contributed by atoms with E-state index < -0.39 is 23.1 Å². The highest BCUT2D eigenvalue weighted by molar-refractivity contribution is 6.08. The number of nitrogens with zero attached hydrogens (tertiary/aromatic N) is 1. The Morgan fingerprint density at radius 1 is 1.32 bits per heavy atom. The number of hydrogen-bond donors (Lipinski definition) is 1. The molecule has 0 atom stereocenters. The van der Waals surface area contributed by atoms with E-state index >= 15 is 0 Å². The molecule has 2 rings (SSSR count). The van der Waals surface area contributed by atoms with Crippen LogP contribution in [0.15, 0.2) is 0 Å². The average Bonchev–Trinajstić information content (AvgIpc) is 2.62. The molecule has 22 heavy (non-hydrogen) atoms. The van der Waals surface area contributed by atoms with Gasteiger partial charge in [-0.3, -0.25) is 14.5 Å². The molecule has 0 unspecified atom stereocenters. The zero-order chi connectivity index (χ0) is 16.5. The average molecular weight is 310 g/mol. The van der Waals surface area contributed by atoms with Crippen molar-refractivity contribution in [1.29, 1.82) is 0 Å². The van der Waals surface area contributed by atoms with Gasteiger partial charge in [-0.25, -0.2) is 4.79 Å². The van der Waals surface area contributed by atoms with Gasteiger partial charge in [-0.1, -0.05) is 13.3 Å². The van der Waals surface area contributed by atoms with Crippen LogP contribution < -0.4 is 5.32 Å². The molecular formula is C16H26N2O4. The molecule has 1 heterocycles. The number of nitrogens with one attached hydrogen (secondary N) is 1. The van der Waals surface area contributed by atoms with Gasteiger partial charge in [-0.2, -0.15) is 0 Å². The van der Waals surface area contributed by atoms with E-state index in [0.717, 1.165) is 24.2 Å². The van der Waals surface area contributed by atoms with Crippen LogP contribution in [-0.2, 0) is 14.3 Å². The molecule has 1 saturated carbocycles. The zero-order valence-corrected chi connectivity index (χ0v) is 13.9. The van der Waals surface area contributed by atoms with Crippen molar-refractivity contribution >= 4 is 17.9 Å². The number of rotatable bonds is 3. The monoisotopic (exact) mass is 310 g/mol. The van der Waals surface area contributed by atoms with Gasteiger partial charge in [0.05, 0.1) is 0 Å². The van der Waals surface area contributed by atoms with Gasteiger partial charge in [-0.05, 0) is 52.4 Å². The fourth-order valence-corrected chi connectivity index (χ4v) is 3.24. The summed E-state index contributed by atoms with van der Waals surface area (Å²) in [6.07, 6.45) is 4.27. The molecule has 0 aromatic heterocycles. The maximum absolute atomic E-state index is 12.6. The second-order valence-electron chi connectivity index (χ2n) is 7.34. The SMILES string of the molecule is CCC1CCC2(CC1)NC(=O)N(CC(=O)OC(C)(C)C)C2=O. The summed E-state index contributed by atoms with van der Waals surface area (Å²) in [6, 6.07) is -0.481. The van der Waals surface area contributed by atoms with E-state index in [1.165, 1.54) is 0 Å². The molecule has 0 aromatic carbocycles. The van der Waals surface area contributed by atoms with E-state index in [0.29, 0.717) is 18.8 Å². The summed E-state index contributed by atoms with van der Waals surface area (Å²) in [6.45, 7) is 7.09. The van der Waals surface area contributed by atoms with Crippen LogP contribution in [0.1, 0.15) is 59.8 Å². The smallest absolute Gasteiger partial charge is 0.326 e. The lowest BCUT2D eigenvalue weighted by molar-refractivity contribution is -0.157. The van der Waals surface area contributed by atoms with Crippen molar-refractivity contribution in [3.63, 3.8) is 0 Å². The van der Waals surface area contributed by atoms with Crippen molar-refractivity contribution in [1.82, 2.24) is 10.2 Å². The number of urea groups is 1. The van der Waals surface area contributed by atoms with Crippen molar-refractivity contribution in [2.24, 2.45) is 5.92 Å². The normalized spacial score (nSPS) is 28.9. The molecule has 0 radical (unpaired) electrons.